The van der Waals surface area contributed by atoms with E-state index in [4.69, 9.17) is 0 Å². The van der Waals surface area contributed by atoms with Crippen LogP contribution in [0.5, 0.6) is 0 Å². The van der Waals surface area contributed by atoms with E-state index in [1.54, 1.807) is 0 Å². The number of carbonyl (C=O) groups excluding carboxylic acids is 1. The van der Waals surface area contributed by atoms with Gasteiger partial charge in [0.25, 0.3) is 0 Å². The van der Waals surface area contributed by atoms with Crippen molar-refractivity contribution in [1.82, 2.24) is 4.90 Å². The normalized spacial score (nSPS) is 46.1. The van der Waals surface area contributed by atoms with Crippen molar-refractivity contribution in [1.29, 1.82) is 0 Å². The van der Waals surface area contributed by atoms with Gasteiger partial charge in [0, 0.05) is 12.0 Å². The van der Waals surface area contributed by atoms with Crippen LogP contribution in [0.15, 0.2) is 0 Å². The van der Waals surface area contributed by atoms with Crippen molar-refractivity contribution in [2.24, 2.45) is 5.92 Å². The first-order chi connectivity index (χ1) is 4.77. The molecule has 10 heavy (non-hydrogen) atoms. The highest BCUT2D eigenvalue weighted by molar-refractivity contribution is 5.84. The lowest BCUT2D eigenvalue weighted by molar-refractivity contribution is -0.132. The number of hydrogen-bond acceptors (Lipinski definition) is 2. The molecule has 2 nitrogen and oxygen atoms in total. The van der Waals surface area contributed by atoms with E-state index in [1.807, 2.05) is 0 Å². The number of Topliss-reactive ketones (excluding diaryl/α,β-unsaturated/α-hetero) is 1. The van der Waals surface area contributed by atoms with Crippen molar-refractivity contribution >= 4 is 5.78 Å². The molecule has 1 unspecified atom stereocenters. The first-order valence-corrected chi connectivity index (χ1v) is 4.04. The number of fused-ring (bicyclic) bond motifs is 3. The molecule has 3 heterocycles. The summed E-state index contributed by atoms with van der Waals surface area (Å²) in [5, 5.41) is 0. The number of carbonyl (C=O) groups is 1. The zero-order valence-corrected chi connectivity index (χ0v) is 6.34. The molecule has 3 atom stereocenters. The number of rotatable bonds is 0. The largest absolute Gasteiger partial charge is 0.298 e. The lowest BCUT2D eigenvalue weighted by atomic mass is 9.83. The maximum Gasteiger partial charge on any atom is 0.150 e. The molecule has 0 saturated carbocycles. The maximum atomic E-state index is 11.2. The van der Waals surface area contributed by atoms with Crippen molar-refractivity contribution in [3.8, 4) is 0 Å². The lowest BCUT2D eigenvalue weighted by Gasteiger charge is -2.42. The monoisotopic (exact) mass is 139 g/mol. The van der Waals surface area contributed by atoms with Crippen LogP contribution in [0.3, 0.4) is 0 Å². The Morgan fingerprint density at radius 3 is 2.70 bits per heavy atom. The second kappa shape index (κ2) is 2.06. The number of piperidine rings is 3. The molecule has 0 radical (unpaired) electrons. The van der Waals surface area contributed by atoms with Crippen LogP contribution in [0.4, 0.5) is 0 Å². The molecule has 2 heteroatoms. The highest BCUT2D eigenvalue weighted by Crippen LogP contribution is 2.28. The Labute approximate surface area is 61.2 Å². The van der Waals surface area contributed by atoms with Crippen LogP contribution in [0.1, 0.15) is 19.8 Å². The number of nitrogens with zero attached hydrogens (tertiary/aromatic N) is 1. The van der Waals surface area contributed by atoms with Gasteiger partial charge < -0.3 is 0 Å². The average Bonchev–Trinajstić information content (AvgIpc) is 1.91. The number of hydrogen-bond donors (Lipinski definition) is 0. The minimum atomic E-state index is 0.417. The summed E-state index contributed by atoms with van der Waals surface area (Å²) >= 11 is 0. The molecule has 3 fully saturated rings. The van der Waals surface area contributed by atoms with Crippen molar-refractivity contribution in [2.45, 2.75) is 25.8 Å². The van der Waals surface area contributed by atoms with Crippen LogP contribution in [-0.4, -0.2) is 29.8 Å². The Kier molecular flexibility index (Phi) is 1.31. The van der Waals surface area contributed by atoms with Gasteiger partial charge in [0.2, 0.25) is 0 Å². The smallest absolute Gasteiger partial charge is 0.150 e. The molecule has 0 aromatic rings. The van der Waals surface area contributed by atoms with E-state index >= 15 is 0 Å². The Morgan fingerprint density at radius 1 is 1.60 bits per heavy atom. The molecule has 56 valence electrons. The van der Waals surface area contributed by atoms with Crippen LogP contribution in [0.2, 0.25) is 0 Å². The van der Waals surface area contributed by atoms with Gasteiger partial charge in [0.1, 0.15) is 5.78 Å². The van der Waals surface area contributed by atoms with Gasteiger partial charge in [-0.25, -0.2) is 0 Å². The fourth-order valence-electron chi connectivity index (χ4n) is 2.08. The van der Waals surface area contributed by atoms with Crippen LogP contribution < -0.4 is 0 Å². The standard InChI is InChI=1S/C8H13NO/c1-6-4-7-2-3-9(6)5-8(7)10/h6-7H,2-5H2,1H3/t6-,7+/m0/s1. The molecule has 3 rings (SSSR count). The van der Waals surface area contributed by atoms with E-state index in [2.05, 4.69) is 11.8 Å². The molecule has 0 spiro atoms. The molecular weight excluding hydrogens is 126 g/mol. The second-order valence-corrected chi connectivity index (χ2v) is 3.51. The van der Waals surface area contributed by atoms with E-state index in [0.717, 1.165) is 25.9 Å². The fourth-order valence-corrected chi connectivity index (χ4v) is 2.08. The van der Waals surface area contributed by atoms with Crippen molar-refractivity contribution in [3.05, 3.63) is 0 Å². The Morgan fingerprint density at radius 2 is 2.40 bits per heavy atom. The third-order valence-electron chi connectivity index (χ3n) is 2.83. The summed E-state index contributed by atoms with van der Waals surface area (Å²) in [7, 11) is 0. The summed E-state index contributed by atoms with van der Waals surface area (Å²) in [6.45, 7) is 4.10. The molecule has 3 aliphatic rings. The van der Waals surface area contributed by atoms with Gasteiger partial charge in [0.05, 0.1) is 6.54 Å². The Bertz CT molecular complexity index is 167. The van der Waals surface area contributed by atoms with Crippen molar-refractivity contribution in [2.75, 3.05) is 13.1 Å². The van der Waals surface area contributed by atoms with Gasteiger partial charge in [-0.05, 0) is 26.3 Å². The summed E-state index contributed by atoms with van der Waals surface area (Å²) < 4.78 is 0. The van der Waals surface area contributed by atoms with Gasteiger partial charge in [-0.2, -0.15) is 0 Å². The molecule has 0 amide bonds. The third-order valence-corrected chi connectivity index (χ3v) is 2.83. The first-order valence-electron chi connectivity index (χ1n) is 4.04. The molecule has 3 aliphatic heterocycles. The quantitative estimate of drug-likeness (QED) is 0.491. The van der Waals surface area contributed by atoms with Crippen LogP contribution >= 0.6 is 0 Å². The maximum absolute atomic E-state index is 11.2. The highest BCUT2D eigenvalue weighted by Gasteiger charge is 2.36. The van der Waals surface area contributed by atoms with E-state index in [1.165, 1.54) is 0 Å². The summed E-state index contributed by atoms with van der Waals surface area (Å²) in [5.41, 5.74) is 0. The van der Waals surface area contributed by atoms with Gasteiger partial charge >= 0.3 is 0 Å². The molecular formula is C8H13NO. The third kappa shape index (κ3) is 0.788. The van der Waals surface area contributed by atoms with Crippen LogP contribution in [0.25, 0.3) is 0 Å². The molecule has 3 saturated heterocycles. The minimum Gasteiger partial charge on any atom is -0.298 e. The average molecular weight is 139 g/mol. The van der Waals surface area contributed by atoms with E-state index < -0.39 is 0 Å². The molecule has 0 aromatic carbocycles. The summed E-state index contributed by atoms with van der Waals surface area (Å²) in [5.74, 6) is 0.893. The SMILES string of the molecule is C[C@H]1C[C@H]2CCN1CC2=O. The topological polar surface area (TPSA) is 20.3 Å². The summed E-state index contributed by atoms with van der Waals surface area (Å²) in [6.07, 6.45) is 2.22. The lowest BCUT2D eigenvalue weighted by Crippen LogP contribution is -2.52. The predicted molar refractivity (Wildman–Crippen MR) is 38.8 cm³/mol. The van der Waals surface area contributed by atoms with Crippen molar-refractivity contribution < 1.29 is 4.79 Å². The summed E-state index contributed by atoms with van der Waals surface area (Å²) in [4.78, 5) is 13.5. The molecule has 2 bridgehead atoms. The van der Waals surface area contributed by atoms with E-state index in [-0.39, 0.29) is 0 Å². The highest BCUT2D eigenvalue weighted by atomic mass is 16.1. The number of ketones is 1. The van der Waals surface area contributed by atoms with Gasteiger partial charge in [0.15, 0.2) is 0 Å². The zero-order valence-electron chi connectivity index (χ0n) is 6.34. The van der Waals surface area contributed by atoms with Crippen molar-refractivity contribution in [3.63, 3.8) is 0 Å². The first kappa shape index (κ1) is 6.35. The van der Waals surface area contributed by atoms with E-state index in [0.29, 0.717) is 17.7 Å². The molecule has 0 N–H and O–H groups in total. The predicted octanol–water partition coefficient (Wildman–Crippen LogP) is 0.670. The Balaban J connectivity index is 2.16. The minimum absolute atomic E-state index is 0.417. The second-order valence-electron chi connectivity index (χ2n) is 3.51. The van der Waals surface area contributed by atoms with Gasteiger partial charge in [-0.3, -0.25) is 9.69 Å². The molecule has 0 aliphatic carbocycles. The zero-order chi connectivity index (χ0) is 7.14. The summed E-state index contributed by atoms with van der Waals surface area (Å²) in [6, 6.07) is 0.663. The van der Waals surface area contributed by atoms with Crippen LogP contribution in [-0.2, 0) is 4.79 Å². The molecule has 0 aromatic heterocycles. The Hall–Kier alpha value is -0.370. The van der Waals surface area contributed by atoms with Gasteiger partial charge in [-0.15, -0.1) is 0 Å². The fraction of sp³-hybridized carbons (Fsp3) is 0.875. The van der Waals surface area contributed by atoms with Crippen LogP contribution in [0, 0.1) is 5.92 Å². The van der Waals surface area contributed by atoms with Gasteiger partial charge in [-0.1, -0.05) is 0 Å². The van der Waals surface area contributed by atoms with E-state index in [9.17, 15) is 4.79 Å².